The number of nitrogens with one attached hydrogen (secondary N) is 1. The van der Waals surface area contributed by atoms with E-state index in [0.717, 1.165) is 48.6 Å². The van der Waals surface area contributed by atoms with Crippen LogP contribution in [0.25, 0.3) is 0 Å². The third kappa shape index (κ3) is 5.99. The number of benzene rings is 1. The number of amides is 1. The molecule has 0 spiro atoms. The van der Waals surface area contributed by atoms with E-state index in [1.165, 1.54) is 0 Å². The molecule has 2 aliphatic heterocycles. The first-order valence-electron chi connectivity index (χ1n) is 11.5. The molecule has 32 heavy (non-hydrogen) atoms. The highest BCUT2D eigenvalue weighted by molar-refractivity contribution is 5.78. The Morgan fingerprint density at radius 1 is 1.19 bits per heavy atom. The zero-order valence-corrected chi connectivity index (χ0v) is 19.0. The van der Waals surface area contributed by atoms with Gasteiger partial charge in [-0.25, -0.2) is 0 Å². The summed E-state index contributed by atoms with van der Waals surface area (Å²) in [6.45, 7) is 8.14. The van der Waals surface area contributed by atoms with Gasteiger partial charge in [-0.2, -0.15) is 0 Å². The molecular weight excluding hydrogens is 406 g/mol. The van der Waals surface area contributed by atoms with E-state index >= 15 is 0 Å². The summed E-state index contributed by atoms with van der Waals surface area (Å²) >= 11 is 0. The number of nitrogens with zero attached hydrogens (tertiary/aromatic N) is 2. The number of hydrogen-bond acceptors (Lipinski definition) is 6. The minimum atomic E-state index is -0.0824. The van der Waals surface area contributed by atoms with Gasteiger partial charge in [-0.15, -0.1) is 0 Å². The van der Waals surface area contributed by atoms with Gasteiger partial charge in [0.2, 0.25) is 5.91 Å². The highest BCUT2D eigenvalue weighted by atomic mass is 16.5. The molecule has 0 bridgehead atoms. The lowest BCUT2D eigenvalue weighted by molar-refractivity contribution is -0.123. The van der Waals surface area contributed by atoms with Gasteiger partial charge in [0.25, 0.3) is 0 Å². The van der Waals surface area contributed by atoms with E-state index in [-0.39, 0.29) is 24.0 Å². The average molecular weight is 440 g/mol. The maximum absolute atomic E-state index is 12.9. The van der Waals surface area contributed by atoms with Crippen LogP contribution in [0.4, 0.5) is 0 Å². The quantitative estimate of drug-likeness (QED) is 0.680. The Balaban J connectivity index is 1.30. The molecule has 0 radical (unpaired) electrons. The highest BCUT2D eigenvalue weighted by Gasteiger charge is 2.27. The van der Waals surface area contributed by atoms with Gasteiger partial charge in [0.05, 0.1) is 38.5 Å². The zero-order valence-electron chi connectivity index (χ0n) is 19.0. The van der Waals surface area contributed by atoms with Crippen molar-refractivity contribution in [2.24, 2.45) is 5.92 Å². The number of fused-ring (bicyclic) bond motifs is 1. The summed E-state index contributed by atoms with van der Waals surface area (Å²) in [6, 6.07) is 9.82. The molecule has 3 heterocycles. The molecule has 2 aliphatic rings. The van der Waals surface area contributed by atoms with E-state index in [4.69, 9.17) is 14.2 Å². The molecule has 1 fully saturated rings. The molecule has 2 atom stereocenters. The lowest BCUT2D eigenvalue weighted by Gasteiger charge is -2.25. The summed E-state index contributed by atoms with van der Waals surface area (Å²) < 4.78 is 17.6. The summed E-state index contributed by atoms with van der Waals surface area (Å²) in [7, 11) is 0. The van der Waals surface area contributed by atoms with Gasteiger partial charge in [0, 0.05) is 31.9 Å². The van der Waals surface area contributed by atoms with Crippen LogP contribution in [0.15, 0.2) is 42.7 Å². The number of likely N-dealkylation sites (tertiary alicyclic amines) is 1. The van der Waals surface area contributed by atoms with Crippen molar-refractivity contribution in [2.45, 2.75) is 45.4 Å². The van der Waals surface area contributed by atoms with Crippen molar-refractivity contribution in [2.75, 3.05) is 32.8 Å². The smallest absolute Gasteiger partial charge is 0.234 e. The molecule has 7 nitrogen and oxygen atoms in total. The van der Waals surface area contributed by atoms with Gasteiger partial charge in [0.15, 0.2) is 11.5 Å². The summed E-state index contributed by atoms with van der Waals surface area (Å²) in [5.74, 6) is 1.81. The van der Waals surface area contributed by atoms with Crippen LogP contribution in [-0.4, -0.2) is 54.7 Å². The third-order valence-electron chi connectivity index (χ3n) is 5.95. The van der Waals surface area contributed by atoms with Crippen molar-refractivity contribution in [3.8, 4) is 11.5 Å². The number of aromatic nitrogens is 1. The van der Waals surface area contributed by atoms with Crippen LogP contribution in [0.2, 0.25) is 0 Å². The molecule has 1 amide bonds. The maximum atomic E-state index is 12.9. The van der Waals surface area contributed by atoms with Gasteiger partial charge in [-0.3, -0.25) is 14.7 Å². The first-order chi connectivity index (χ1) is 15.6. The van der Waals surface area contributed by atoms with E-state index in [2.05, 4.69) is 29.0 Å². The minimum absolute atomic E-state index is 0.0330. The molecule has 0 aliphatic carbocycles. The Bertz CT molecular complexity index is 890. The van der Waals surface area contributed by atoms with E-state index in [1.54, 1.807) is 12.4 Å². The number of hydrogen-bond donors (Lipinski definition) is 1. The summed E-state index contributed by atoms with van der Waals surface area (Å²) in [4.78, 5) is 19.1. The van der Waals surface area contributed by atoms with E-state index in [0.29, 0.717) is 26.4 Å². The fourth-order valence-corrected chi connectivity index (χ4v) is 4.20. The zero-order chi connectivity index (χ0) is 22.3. The Labute approximate surface area is 190 Å². The molecular formula is C25H33N3O4. The van der Waals surface area contributed by atoms with E-state index in [1.807, 2.05) is 30.3 Å². The lowest BCUT2D eigenvalue weighted by atomic mass is 9.95. The van der Waals surface area contributed by atoms with E-state index < -0.39 is 0 Å². The van der Waals surface area contributed by atoms with Crippen molar-refractivity contribution >= 4 is 5.91 Å². The summed E-state index contributed by atoms with van der Waals surface area (Å²) in [5, 5.41) is 3.23. The Hall–Kier alpha value is -2.64. The predicted molar refractivity (Wildman–Crippen MR) is 122 cm³/mol. The standard InChI is InChI=1S/C25H33N3O4/c1-18(2)25(20-4-5-22-23(14-20)31-13-3-12-30-22)27-24(29)16-28-11-8-21(15-28)32-17-19-6-9-26-10-7-19/h4-7,9-10,14,18,21,25H,3,8,11-13,15-17H2,1-2H3,(H,27,29). The molecule has 7 heteroatoms. The van der Waals surface area contributed by atoms with Crippen LogP contribution in [0.5, 0.6) is 11.5 Å². The largest absolute Gasteiger partial charge is 0.490 e. The van der Waals surface area contributed by atoms with Crippen molar-refractivity contribution in [3.05, 3.63) is 53.9 Å². The summed E-state index contributed by atoms with van der Waals surface area (Å²) in [5.41, 5.74) is 2.16. The SMILES string of the molecule is CC(C)C(NC(=O)CN1CCC(OCc2ccncc2)C1)c1ccc2c(c1)OCCCO2. The molecule has 2 aromatic rings. The van der Waals surface area contributed by atoms with Crippen LogP contribution >= 0.6 is 0 Å². The number of carbonyl (C=O) groups is 1. The maximum Gasteiger partial charge on any atom is 0.234 e. The van der Waals surface area contributed by atoms with Crippen molar-refractivity contribution < 1.29 is 19.0 Å². The van der Waals surface area contributed by atoms with Gasteiger partial charge in [0.1, 0.15) is 0 Å². The van der Waals surface area contributed by atoms with Crippen LogP contribution in [0.3, 0.4) is 0 Å². The molecule has 4 rings (SSSR count). The normalized spacial score (nSPS) is 19.5. The molecule has 1 aromatic heterocycles. The highest BCUT2D eigenvalue weighted by Crippen LogP contribution is 2.34. The van der Waals surface area contributed by atoms with Crippen LogP contribution in [0.1, 0.15) is 43.9 Å². The molecule has 172 valence electrons. The number of pyridine rings is 1. The second kappa shape index (κ2) is 10.8. The first-order valence-corrected chi connectivity index (χ1v) is 11.5. The monoisotopic (exact) mass is 439 g/mol. The Morgan fingerprint density at radius 3 is 2.75 bits per heavy atom. The fourth-order valence-electron chi connectivity index (χ4n) is 4.20. The van der Waals surface area contributed by atoms with Gasteiger partial charge in [-0.1, -0.05) is 19.9 Å². The van der Waals surface area contributed by atoms with Crippen molar-refractivity contribution in [1.29, 1.82) is 0 Å². The molecule has 2 unspecified atom stereocenters. The van der Waals surface area contributed by atoms with E-state index in [9.17, 15) is 4.79 Å². The van der Waals surface area contributed by atoms with Gasteiger partial charge >= 0.3 is 0 Å². The Kier molecular flexibility index (Phi) is 7.60. The summed E-state index contributed by atoms with van der Waals surface area (Å²) in [6.07, 6.45) is 5.51. The predicted octanol–water partition coefficient (Wildman–Crippen LogP) is 3.35. The third-order valence-corrected chi connectivity index (χ3v) is 5.95. The van der Waals surface area contributed by atoms with Gasteiger partial charge in [-0.05, 0) is 47.7 Å². The molecule has 1 aromatic carbocycles. The molecule has 1 saturated heterocycles. The lowest BCUT2D eigenvalue weighted by Crippen LogP contribution is -2.39. The number of carbonyl (C=O) groups excluding carboxylic acids is 1. The Morgan fingerprint density at radius 2 is 1.97 bits per heavy atom. The van der Waals surface area contributed by atoms with Crippen molar-refractivity contribution in [1.82, 2.24) is 15.2 Å². The first kappa shape index (κ1) is 22.6. The van der Waals surface area contributed by atoms with Gasteiger partial charge < -0.3 is 19.5 Å². The fraction of sp³-hybridized carbons (Fsp3) is 0.520. The number of rotatable bonds is 8. The van der Waals surface area contributed by atoms with Crippen LogP contribution in [0, 0.1) is 5.92 Å². The van der Waals surface area contributed by atoms with Crippen LogP contribution < -0.4 is 14.8 Å². The molecule has 0 saturated carbocycles. The molecule has 1 N–H and O–H groups in total. The van der Waals surface area contributed by atoms with Crippen molar-refractivity contribution in [3.63, 3.8) is 0 Å². The second-order valence-electron chi connectivity index (χ2n) is 8.86. The minimum Gasteiger partial charge on any atom is -0.490 e. The van der Waals surface area contributed by atoms with Crippen LogP contribution in [-0.2, 0) is 16.1 Å². The average Bonchev–Trinajstić information content (AvgIpc) is 3.10. The number of ether oxygens (including phenoxy) is 3. The second-order valence-corrected chi connectivity index (χ2v) is 8.86. The topological polar surface area (TPSA) is 72.9 Å².